The molecule has 0 saturated carbocycles. The molecule has 0 aliphatic rings. The van der Waals surface area contributed by atoms with E-state index < -0.39 is 11.0 Å². The summed E-state index contributed by atoms with van der Waals surface area (Å²) in [4.78, 5) is 10.5. The fourth-order valence-electron chi connectivity index (χ4n) is 2.35. The van der Waals surface area contributed by atoms with Crippen LogP contribution in [-0.2, 0) is 0 Å². The van der Waals surface area contributed by atoms with Crippen LogP contribution in [0.5, 0.6) is 5.75 Å². The highest BCUT2D eigenvalue weighted by molar-refractivity contribution is 5.48. The molecule has 0 fully saturated rings. The number of nitrogens with zero attached hydrogens (tertiary/aromatic N) is 1. The van der Waals surface area contributed by atoms with Gasteiger partial charge in [0.05, 0.1) is 18.1 Å². The predicted molar refractivity (Wildman–Crippen MR) is 86.2 cm³/mol. The molecule has 0 heterocycles. The molecular formula is C17H20N2O3. The minimum atomic E-state index is -0.476. The molecule has 2 aromatic carbocycles. The molecule has 0 spiro atoms. The molecule has 0 radical (unpaired) electrons. The number of non-ortho nitro benzene ring substituents is 1. The average Bonchev–Trinajstić information content (AvgIpc) is 2.53. The quantitative estimate of drug-likeness (QED) is 0.673. The van der Waals surface area contributed by atoms with Gasteiger partial charge in [0, 0.05) is 17.7 Å². The Hall–Kier alpha value is -2.40. The Morgan fingerprint density at radius 3 is 2.18 bits per heavy atom. The van der Waals surface area contributed by atoms with Crippen molar-refractivity contribution in [2.45, 2.75) is 25.8 Å². The largest absolute Gasteiger partial charge is 0.496 e. The van der Waals surface area contributed by atoms with Gasteiger partial charge in [-0.1, -0.05) is 38.1 Å². The van der Waals surface area contributed by atoms with E-state index in [9.17, 15) is 10.1 Å². The smallest absolute Gasteiger partial charge is 0.270 e. The third-order valence-corrected chi connectivity index (χ3v) is 3.72. The molecule has 0 amide bonds. The molecule has 5 nitrogen and oxygen atoms in total. The van der Waals surface area contributed by atoms with Crippen molar-refractivity contribution in [1.82, 2.24) is 0 Å². The Morgan fingerprint density at radius 2 is 1.68 bits per heavy atom. The summed E-state index contributed by atoms with van der Waals surface area (Å²) in [6, 6.07) is 12.0. The van der Waals surface area contributed by atoms with Gasteiger partial charge in [-0.3, -0.25) is 10.1 Å². The minimum Gasteiger partial charge on any atom is -0.496 e. The summed E-state index contributed by atoms with van der Waals surface area (Å²) in [5, 5.41) is 11.0. The van der Waals surface area contributed by atoms with Gasteiger partial charge in [0.25, 0.3) is 5.69 Å². The molecule has 0 aliphatic heterocycles. The standard InChI is InChI=1S/C17H20N2O3/c1-11(2)12-4-6-13(7-5-12)17(18)15-10-14(19(20)21)8-9-16(15)22-3/h4-11,17H,18H2,1-3H3. The highest BCUT2D eigenvalue weighted by Gasteiger charge is 2.18. The van der Waals surface area contributed by atoms with Crippen LogP contribution in [0.4, 0.5) is 5.69 Å². The van der Waals surface area contributed by atoms with Crippen LogP contribution < -0.4 is 10.5 Å². The number of nitrogens with two attached hydrogens (primary N) is 1. The molecule has 0 bridgehead atoms. The highest BCUT2D eigenvalue weighted by atomic mass is 16.6. The number of methoxy groups -OCH3 is 1. The summed E-state index contributed by atoms with van der Waals surface area (Å²) in [6.45, 7) is 4.25. The molecule has 2 N–H and O–H groups in total. The van der Waals surface area contributed by atoms with Gasteiger partial charge in [0.1, 0.15) is 5.75 Å². The van der Waals surface area contributed by atoms with Crippen molar-refractivity contribution in [3.8, 4) is 5.75 Å². The van der Waals surface area contributed by atoms with Crippen molar-refractivity contribution in [2.75, 3.05) is 7.11 Å². The van der Waals surface area contributed by atoms with E-state index >= 15 is 0 Å². The maximum Gasteiger partial charge on any atom is 0.270 e. The Labute approximate surface area is 129 Å². The molecule has 2 rings (SSSR count). The van der Waals surface area contributed by atoms with E-state index in [4.69, 9.17) is 10.5 Å². The molecule has 0 aliphatic carbocycles. The molecule has 1 unspecified atom stereocenters. The third kappa shape index (κ3) is 3.26. The van der Waals surface area contributed by atoms with Crippen LogP contribution in [0.15, 0.2) is 42.5 Å². The number of nitro groups is 1. The van der Waals surface area contributed by atoms with Crippen molar-refractivity contribution < 1.29 is 9.66 Å². The lowest BCUT2D eigenvalue weighted by Crippen LogP contribution is -2.13. The molecule has 22 heavy (non-hydrogen) atoms. The number of ether oxygens (including phenoxy) is 1. The minimum absolute atomic E-state index is 0.00468. The van der Waals surface area contributed by atoms with Crippen LogP contribution >= 0.6 is 0 Å². The van der Waals surface area contributed by atoms with Crippen molar-refractivity contribution in [3.05, 3.63) is 69.3 Å². The van der Waals surface area contributed by atoms with Gasteiger partial charge >= 0.3 is 0 Å². The van der Waals surface area contributed by atoms with Crippen LogP contribution in [-0.4, -0.2) is 12.0 Å². The van der Waals surface area contributed by atoms with Gasteiger partial charge in [-0.05, 0) is 23.1 Å². The highest BCUT2D eigenvalue weighted by Crippen LogP contribution is 2.32. The van der Waals surface area contributed by atoms with Crippen LogP contribution in [0.3, 0.4) is 0 Å². The van der Waals surface area contributed by atoms with Gasteiger partial charge in [-0.25, -0.2) is 0 Å². The first-order valence-corrected chi connectivity index (χ1v) is 7.11. The summed E-state index contributed by atoms with van der Waals surface area (Å²) in [6.07, 6.45) is 0. The number of hydrogen-bond donors (Lipinski definition) is 1. The van der Waals surface area contributed by atoms with Gasteiger partial charge in [-0.2, -0.15) is 0 Å². The van der Waals surface area contributed by atoms with Gasteiger partial charge in [-0.15, -0.1) is 0 Å². The van der Waals surface area contributed by atoms with Gasteiger partial charge in [0.2, 0.25) is 0 Å². The fraction of sp³-hybridized carbons (Fsp3) is 0.294. The van der Waals surface area contributed by atoms with Gasteiger partial charge in [0.15, 0.2) is 0 Å². The second kappa shape index (κ2) is 6.58. The zero-order chi connectivity index (χ0) is 16.3. The Kier molecular flexibility index (Phi) is 4.78. The Morgan fingerprint density at radius 1 is 1.09 bits per heavy atom. The fourth-order valence-corrected chi connectivity index (χ4v) is 2.35. The summed E-state index contributed by atoms with van der Waals surface area (Å²) in [5.74, 6) is 0.989. The first-order valence-electron chi connectivity index (χ1n) is 7.11. The van der Waals surface area contributed by atoms with E-state index in [0.717, 1.165) is 5.56 Å². The van der Waals surface area contributed by atoms with Crippen molar-refractivity contribution in [1.29, 1.82) is 0 Å². The van der Waals surface area contributed by atoms with E-state index in [1.165, 1.54) is 24.8 Å². The van der Waals surface area contributed by atoms with Crippen molar-refractivity contribution in [3.63, 3.8) is 0 Å². The summed E-state index contributed by atoms with van der Waals surface area (Å²) >= 11 is 0. The molecular weight excluding hydrogens is 280 g/mol. The second-order valence-corrected chi connectivity index (χ2v) is 5.48. The maximum atomic E-state index is 11.0. The Bertz CT molecular complexity index is 666. The molecule has 0 aromatic heterocycles. The number of benzene rings is 2. The van der Waals surface area contributed by atoms with Crippen LogP contribution in [0, 0.1) is 10.1 Å². The number of hydrogen-bond acceptors (Lipinski definition) is 4. The second-order valence-electron chi connectivity index (χ2n) is 5.48. The van der Waals surface area contributed by atoms with E-state index in [1.54, 1.807) is 6.07 Å². The molecule has 1 atom stereocenters. The topological polar surface area (TPSA) is 78.4 Å². The lowest BCUT2D eigenvalue weighted by atomic mass is 9.95. The van der Waals surface area contributed by atoms with E-state index in [1.807, 2.05) is 24.3 Å². The lowest BCUT2D eigenvalue weighted by Gasteiger charge is -2.17. The maximum absolute atomic E-state index is 11.0. The molecule has 116 valence electrons. The number of nitro benzene ring substituents is 1. The van der Waals surface area contributed by atoms with Crippen molar-refractivity contribution in [2.24, 2.45) is 5.73 Å². The summed E-state index contributed by atoms with van der Waals surface area (Å²) in [5.41, 5.74) is 9.01. The monoisotopic (exact) mass is 300 g/mol. The molecule has 0 saturated heterocycles. The first kappa shape index (κ1) is 16.0. The molecule has 5 heteroatoms. The van der Waals surface area contributed by atoms with E-state index in [-0.39, 0.29) is 5.69 Å². The Balaban J connectivity index is 2.40. The first-order chi connectivity index (χ1) is 10.4. The SMILES string of the molecule is COc1ccc([N+](=O)[O-])cc1C(N)c1ccc(C(C)C)cc1. The average molecular weight is 300 g/mol. The third-order valence-electron chi connectivity index (χ3n) is 3.72. The van der Waals surface area contributed by atoms with Crippen LogP contribution in [0.1, 0.15) is 42.5 Å². The van der Waals surface area contributed by atoms with Crippen LogP contribution in [0.2, 0.25) is 0 Å². The summed E-state index contributed by atoms with van der Waals surface area (Å²) in [7, 11) is 1.53. The lowest BCUT2D eigenvalue weighted by molar-refractivity contribution is -0.384. The zero-order valence-corrected chi connectivity index (χ0v) is 12.9. The van der Waals surface area contributed by atoms with Crippen LogP contribution in [0.25, 0.3) is 0 Å². The van der Waals surface area contributed by atoms with E-state index in [2.05, 4.69) is 13.8 Å². The van der Waals surface area contributed by atoms with Gasteiger partial charge < -0.3 is 10.5 Å². The number of rotatable bonds is 5. The normalized spacial score (nSPS) is 12.2. The zero-order valence-electron chi connectivity index (χ0n) is 12.9. The van der Waals surface area contributed by atoms with Crippen molar-refractivity contribution >= 4 is 5.69 Å². The predicted octanol–water partition coefficient (Wildman–Crippen LogP) is 3.77. The molecule has 2 aromatic rings. The summed E-state index contributed by atoms with van der Waals surface area (Å²) < 4.78 is 5.28. The van der Waals surface area contributed by atoms with E-state index in [0.29, 0.717) is 17.2 Å².